The van der Waals surface area contributed by atoms with Crippen LogP contribution in [0.25, 0.3) is 0 Å². The fourth-order valence-corrected chi connectivity index (χ4v) is 1.46. The molecule has 1 unspecified atom stereocenters. The van der Waals surface area contributed by atoms with Gasteiger partial charge in [-0.2, -0.15) is 0 Å². The maximum Gasteiger partial charge on any atom is 0.257 e. The highest BCUT2D eigenvalue weighted by Crippen LogP contribution is 2.16. The van der Waals surface area contributed by atoms with E-state index in [1.165, 1.54) is 5.56 Å². The van der Waals surface area contributed by atoms with Gasteiger partial charge in [-0.25, -0.2) is 0 Å². The van der Waals surface area contributed by atoms with Gasteiger partial charge >= 0.3 is 0 Å². The molecule has 1 saturated heterocycles. The molecule has 0 aliphatic carbocycles. The van der Waals surface area contributed by atoms with Crippen LogP contribution in [0.3, 0.4) is 0 Å². The second-order valence-corrected chi connectivity index (χ2v) is 3.08. The van der Waals surface area contributed by atoms with Gasteiger partial charge in [0.2, 0.25) is 0 Å². The first-order valence-corrected chi connectivity index (χ1v) is 4.25. The van der Waals surface area contributed by atoms with E-state index < -0.39 is 0 Å². The van der Waals surface area contributed by atoms with Gasteiger partial charge in [-0.1, -0.05) is 30.3 Å². The highest BCUT2D eigenvalue weighted by Gasteiger charge is 2.20. The Morgan fingerprint density at radius 3 is 2.67 bits per heavy atom. The van der Waals surface area contributed by atoms with Gasteiger partial charge < -0.3 is 10.1 Å². The lowest BCUT2D eigenvalue weighted by molar-refractivity contribution is 0.334. The molecule has 2 nitrogen and oxygen atoms in total. The second-order valence-electron chi connectivity index (χ2n) is 2.71. The van der Waals surface area contributed by atoms with Crippen LogP contribution in [0.15, 0.2) is 30.3 Å². The van der Waals surface area contributed by atoms with E-state index in [2.05, 4.69) is 17.4 Å². The first-order chi connectivity index (χ1) is 5.86. The van der Waals surface area contributed by atoms with Crippen molar-refractivity contribution in [1.29, 1.82) is 0 Å². The molecule has 3 heteroatoms. The number of benzene rings is 1. The van der Waals surface area contributed by atoms with Crippen molar-refractivity contribution in [3.8, 4) is 0 Å². The van der Waals surface area contributed by atoms with E-state index in [0.717, 1.165) is 0 Å². The third kappa shape index (κ3) is 1.41. The summed E-state index contributed by atoms with van der Waals surface area (Å²) in [5, 5.41) is 3.58. The number of hydrogen-bond donors (Lipinski definition) is 1. The molecular formula is C9H9NOS. The normalized spacial score (nSPS) is 21.7. The molecule has 2 rings (SSSR count). The molecule has 0 bridgehead atoms. The summed E-state index contributed by atoms with van der Waals surface area (Å²) in [7, 11) is 0. The molecule has 1 heterocycles. The Bertz CT molecular complexity index is 286. The summed E-state index contributed by atoms with van der Waals surface area (Å²) in [4.78, 5) is 0. The highest BCUT2D eigenvalue weighted by molar-refractivity contribution is 7.80. The van der Waals surface area contributed by atoms with Gasteiger partial charge in [0.25, 0.3) is 5.17 Å². The third-order valence-corrected chi connectivity index (χ3v) is 2.11. The smallest absolute Gasteiger partial charge is 0.257 e. The van der Waals surface area contributed by atoms with Gasteiger partial charge in [0.05, 0.1) is 6.04 Å². The zero-order valence-corrected chi connectivity index (χ0v) is 7.30. The minimum absolute atomic E-state index is 0.235. The van der Waals surface area contributed by atoms with E-state index in [1.807, 2.05) is 18.2 Å². The van der Waals surface area contributed by atoms with E-state index >= 15 is 0 Å². The number of thiocarbonyl (C=S) groups is 1. The van der Waals surface area contributed by atoms with E-state index in [0.29, 0.717) is 11.8 Å². The standard InChI is InChI=1S/C9H9NOS/c12-9-10-8(6-11-9)7-4-2-1-3-5-7/h1-5,8H,6H2,(H,10,12). The Kier molecular flexibility index (Phi) is 1.96. The monoisotopic (exact) mass is 179 g/mol. The number of ether oxygens (including phenoxy) is 1. The Labute approximate surface area is 76.5 Å². The van der Waals surface area contributed by atoms with Crippen LogP contribution in [-0.2, 0) is 4.74 Å². The summed E-state index contributed by atoms with van der Waals surface area (Å²) in [6.07, 6.45) is 0. The van der Waals surface area contributed by atoms with Gasteiger partial charge in [-0.05, 0) is 17.8 Å². The lowest BCUT2D eigenvalue weighted by Crippen LogP contribution is -2.17. The molecule has 1 atom stereocenters. The molecule has 1 fully saturated rings. The molecule has 1 aliphatic heterocycles. The van der Waals surface area contributed by atoms with Gasteiger partial charge in [0, 0.05) is 0 Å². The Morgan fingerprint density at radius 1 is 1.33 bits per heavy atom. The summed E-state index contributed by atoms with van der Waals surface area (Å²) >= 11 is 4.86. The second kappa shape index (κ2) is 3.11. The van der Waals surface area contributed by atoms with Crippen LogP contribution in [0.2, 0.25) is 0 Å². The zero-order valence-electron chi connectivity index (χ0n) is 6.49. The first kappa shape index (κ1) is 7.55. The lowest BCUT2D eigenvalue weighted by atomic mass is 10.1. The Hall–Kier alpha value is -1.09. The number of rotatable bonds is 1. The van der Waals surface area contributed by atoms with Crippen LogP contribution in [0.5, 0.6) is 0 Å². The predicted octanol–water partition coefficient (Wildman–Crippen LogP) is 1.63. The molecule has 1 aromatic carbocycles. The van der Waals surface area contributed by atoms with Gasteiger partial charge in [0.15, 0.2) is 0 Å². The molecule has 0 spiro atoms. The van der Waals surface area contributed by atoms with E-state index in [9.17, 15) is 0 Å². The van der Waals surface area contributed by atoms with Crippen molar-refractivity contribution in [3.63, 3.8) is 0 Å². The zero-order chi connectivity index (χ0) is 8.39. The largest absolute Gasteiger partial charge is 0.468 e. The lowest BCUT2D eigenvalue weighted by Gasteiger charge is -2.06. The van der Waals surface area contributed by atoms with Crippen molar-refractivity contribution < 1.29 is 4.74 Å². The minimum atomic E-state index is 0.235. The Morgan fingerprint density at radius 2 is 2.08 bits per heavy atom. The maximum absolute atomic E-state index is 5.14. The van der Waals surface area contributed by atoms with Crippen molar-refractivity contribution in [2.45, 2.75) is 6.04 Å². The van der Waals surface area contributed by atoms with E-state index in [4.69, 9.17) is 17.0 Å². The molecule has 0 aromatic heterocycles. The van der Waals surface area contributed by atoms with Crippen molar-refractivity contribution in [2.24, 2.45) is 0 Å². The van der Waals surface area contributed by atoms with Crippen molar-refractivity contribution >= 4 is 17.4 Å². The molecule has 12 heavy (non-hydrogen) atoms. The molecule has 1 aliphatic rings. The van der Waals surface area contributed by atoms with Crippen LogP contribution in [0.1, 0.15) is 11.6 Å². The number of nitrogens with one attached hydrogen (secondary N) is 1. The average molecular weight is 179 g/mol. The fraction of sp³-hybridized carbons (Fsp3) is 0.222. The molecule has 0 amide bonds. The molecule has 0 radical (unpaired) electrons. The summed E-state index contributed by atoms with van der Waals surface area (Å²) in [6.45, 7) is 0.642. The van der Waals surface area contributed by atoms with Gasteiger partial charge in [-0.3, -0.25) is 0 Å². The van der Waals surface area contributed by atoms with Crippen LogP contribution >= 0.6 is 12.2 Å². The molecule has 62 valence electrons. The average Bonchev–Trinajstić information content (AvgIpc) is 2.54. The highest BCUT2D eigenvalue weighted by atomic mass is 32.1. The SMILES string of the molecule is S=C1NC(c2ccccc2)CO1. The number of hydrogen-bond acceptors (Lipinski definition) is 2. The minimum Gasteiger partial charge on any atom is -0.468 e. The van der Waals surface area contributed by atoms with E-state index in [1.54, 1.807) is 0 Å². The quantitative estimate of drug-likeness (QED) is 0.662. The molecule has 0 saturated carbocycles. The third-order valence-electron chi connectivity index (χ3n) is 1.88. The van der Waals surface area contributed by atoms with Crippen molar-refractivity contribution in [1.82, 2.24) is 5.32 Å². The molecular weight excluding hydrogens is 170 g/mol. The summed E-state index contributed by atoms with van der Waals surface area (Å²) < 4.78 is 5.14. The predicted molar refractivity (Wildman–Crippen MR) is 50.9 cm³/mol. The van der Waals surface area contributed by atoms with Crippen LogP contribution in [0, 0.1) is 0 Å². The maximum atomic E-state index is 5.14. The van der Waals surface area contributed by atoms with Gasteiger partial charge in [-0.15, -0.1) is 0 Å². The summed E-state index contributed by atoms with van der Waals surface area (Å²) in [6, 6.07) is 10.4. The summed E-state index contributed by atoms with van der Waals surface area (Å²) in [5.41, 5.74) is 1.22. The van der Waals surface area contributed by atoms with Crippen LogP contribution < -0.4 is 5.32 Å². The molecule has 1 aromatic rings. The van der Waals surface area contributed by atoms with E-state index in [-0.39, 0.29) is 6.04 Å². The molecule has 1 N–H and O–H groups in total. The van der Waals surface area contributed by atoms with Crippen LogP contribution in [-0.4, -0.2) is 11.8 Å². The first-order valence-electron chi connectivity index (χ1n) is 3.84. The Balaban J connectivity index is 2.16. The topological polar surface area (TPSA) is 21.3 Å². The van der Waals surface area contributed by atoms with Crippen molar-refractivity contribution in [3.05, 3.63) is 35.9 Å². The van der Waals surface area contributed by atoms with Crippen LogP contribution in [0.4, 0.5) is 0 Å². The fourth-order valence-electron chi connectivity index (χ4n) is 1.25. The van der Waals surface area contributed by atoms with Crippen molar-refractivity contribution in [2.75, 3.05) is 6.61 Å². The van der Waals surface area contributed by atoms with Gasteiger partial charge in [0.1, 0.15) is 6.61 Å². The summed E-state index contributed by atoms with van der Waals surface area (Å²) in [5.74, 6) is 0.